The lowest BCUT2D eigenvalue weighted by Crippen LogP contribution is -2.06. The van der Waals surface area contributed by atoms with E-state index >= 15 is 0 Å². The molecule has 9 aromatic rings. The van der Waals surface area contributed by atoms with Gasteiger partial charge in [-0.2, -0.15) is 9.97 Å². The van der Waals surface area contributed by atoms with Crippen LogP contribution in [0.4, 0.5) is 0 Å². The van der Waals surface area contributed by atoms with E-state index in [1.165, 1.54) is 27.1 Å². The molecule has 0 aliphatic rings. The summed E-state index contributed by atoms with van der Waals surface area (Å²) in [4.78, 5) is 15.1. The molecule has 0 N–H and O–H groups in total. The monoisotopic (exact) mass is 563 g/mol. The van der Waals surface area contributed by atoms with Gasteiger partial charge in [-0.25, -0.2) is 4.98 Å². The molecule has 6 aromatic carbocycles. The van der Waals surface area contributed by atoms with Gasteiger partial charge < -0.3 is 4.57 Å². The van der Waals surface area contributed by atoms with Gasteiger partial charge in [0.25, 0.3) is 0 Å². The molecule has 5 nitrogen and oxygen atoms in total. The molecule has 206 valence electrons. The summed E-state index contributed by atoms with van der Waals surface area (Å²) in [5, 5.41) is 6.01. The van der Waals surface area contributed by atoms with Crippen molar-refractivity contribution in [3.63, 3.8) is 0 Å². The highest BCUT2D eigenvalue weighted by molar-refractivity contribution is 6.25. The van der Waals surface area contributed by atoms with Crippen LogP contribution in [0.2, 0.25) is 0 Å². The van der Waals surface area contributed by atoms with Crippen LogP contribution in [0.25, 0.3) is 77.9 Å². The third kappa shape index (κ3) is 3.76. The molecule has 44 heavy (non-hydrogen) atoms. The quantitative estimate of drug-likeness (QED) is 0.214. The van der Waals surface area contributed by atoms with E-state index in [2.05, 4.69) is 100 Å². The molecule has 3 heterocycles. The van der Waals surface area contributed by atoms with E-state index in [0.717, 1.165) is 33.2 Å². The van der Waals surface area contributed by atoms with E-state index in [-0.39, 0.29) is 0 Å². The number of rotatable bonds is 4. The first-order valence-electron chi connectivity index (χ1n) is 14.7. The van der Waals surface area contributed by atoms with E-state index < -0.39 is 0 Å². The van der Waals surface area contributed by atoms with Crippen LogP contribution in [0.5, 0.6) is 0 Å². The first kappa shape index (κ1) is 24.5. The van der Waals surface area contributed by atoms with Crippen LogP contribution in [-0.2, 0) is 0 Å². The van der Waals surface area contributed by atoms with E-state index in [1.807, 2.05) is 60.7 Å². The number of hydrogen-bond donors (Lipinski definition) is 0. The maximum atomic E-state index is 5.08. The highest BCUT2D eigenvalue weighted by Gasteiger charge is 2.20. The van der Waals surface area contributed by atoms with Crippen molar-refractivity contribution >= 4 is 43.5 Å². The van der Waals surface area contributed by atoms with Crippen LogP contribution in [0.15, 0.2) is 152 Å². The molecule has 0 amide bonds. The van der Waals surface area contributed by atoms with Crippen molar-refractivity contribution in [3.05, 3.63) is 152 Å². The Morgan fingerprint density at radius 1 is 0.386 bits per heavy atom. The minimum atomic E-state index is 0.597. The van der Waals surface area contributed by atoms with Gasteiger partial charge in [-0.05, 0) is 47.2 Å². The summed E-state index contributed by atoms with van der Waals surface area (Å²) < 4.78 is 4.44. The number of para-hydroxylation sites is 2. The van der Waals surface area contributed by atoms with Crippen LogP contribution in [-0.4, -0.2) is 24.1 Å². The standard InChI is InChI=1S/C39H25N5/c1-4-12-26(13-5-1)37-40-38(27-14-6-2-7-15-27)42-39(41-37)44-34-19-11-10-18-32(34)36-31-21-22-33-30(29(31)20-23-35(36)44)24-25-43(33)28-16-8-3-9-17-28/h1-25H. The van der Waals surface area contributed by atoms with Gasteiger partial charge in [0.15, 0.2) is 11.6 Å². The predicted molar refractivity (Wildman–Crippen MR) is 179 cm³/mol. The molecule has 9 rings (SSSR count). The minimum absolute atomic E-state index is 0.597. The Morgan fingerprint density at radius 2 is 0.977 bits per heavy atom. The molecule has 5 heteroatoms. The van der Waals surface area contributed by atoms with Gasteiger partial charge in [0.05, 0.1) is 16.6 Å². The number of fused-ring (bicyclic) bond motifs is 7. The summed E-state index contributed by atoms with van der Waals surface area (Å²) in [6, 6.07) is 50.4. The molecule has 0 aliphatic carbocycles. The molecule has 3 aromatic heterocycles. The van der Waals surface area contributed by atoms with Gasteiger partial charge in [0.2, 0.25) is 5.95 Å². The molecule has 0 unspecified atom stereocenters. The average molecular weight is 564 g/mol. The highest BCUT2D eigenvalue weighted by Crippen LogP contribution is 2.39. The summed E-state index contributed by atoms with van der Waals surface area (Å²) in [7, 11) is 0. The second-order valence-electron chi connectivity index (χ2n) is 10.9. The second kappa shape index (κ2) is 9.75. The van der Waals surface area contributed by atoms with E-state index in [9.17, 15) is 0 Å². The second-order valence-corrected chi connectivity index (χ2v) is 10.9. The van der Waals surface area contributed by atoms with E-state index in [1.54, 1.807) is 0 Å². The lowest BCUT2D eigenvalue weighted by molar-refractivity contribution is 0.953. The third-order valence-electron chi connectivity index (χ3n) is 8.42. The van der Waals surface area contributed by atoms with Crippen LogP contribution in [0, 0.1) is 0 Å². The number of hydrogen-bond acceptors (Lipinski definition) is 3. The van der Waals surface area contributed by atoms with Crippen LogP contribution in [0.3, 0.4) is 0 Å². The fraction of sp³-hybridized carbons (Fsp3) is 0. The van der Waals surface area contributed by atoms with Gasteiger partial charge in [0, 0.05) is 39.2 Å². The molecular formula is C39H25N5. The van der Waals surface area contributed by atoms with Gasteiger partial charge in [-0.1, -0.05) is 109 Å². The van der Waals surface area contributed by atoms with Crippen molar-refractivity contribution in [1.82, 2.24) is 24.1 Å². The van der Waals surface area contributed by atoms with E-state index in [4.69, 9.17) is 15.0 Å². The normalized spacial score (nSPS) is 11.6. The Kier molecular flexibility index (Phi) is 5.43. The van der Waals surface area contributed by atoms with Crippen molar-refractivity contribution in [2.45, 2.75) is 0 Å². The molecule has 0 saturated carbocycles. The summed E-state index contributed by atoms with van der Waals surface area (Å²) in [6.45, 7) is 0. The lowest BCUT2D eigenvalue weighted by Gasteiger charge is -2.11. The van der Waals surface area contributed by atoms with Gasteiger partial charge >= 0.3 is 0 Å². The van der Waals surface area contributed by atoms with Crippen molar-refractivity contribution < 1.29 is 0 Å². The highest BCUT2D eigenvalue weighted by atomic mass is 15.2. The molecule has 0 aliphatic heterocycles. The predicted octanol–water partition coefficient (Wildman–Crippen LogP) is 9.40. The zero-order valence-electron chi connectivity index (χ0n) is 23.7. The van der Waals surface area contributed by atoms with Crippen molar-refractivity contribution in [2.75, 3.05) is 0 Å². The van der Waals surface area contributed by atoms with Crippen LogP contribution >= 0.6 is 0 Å². The maximum absolute atomic E-state index is 5.08. The van der Waals surface area contributed by atoms with Crippen LogP contribution < -0.4 is 0 Å². The van der Waals surface area contributed by atoms with Crippen molar-refractivity contribution in [1.29, 1.82) is 0 Å². The van der Waals surface area contributed by atoms with Crippen molar-refractivity contribution in [2.24, 2.45) is 0 Å². The topological polar surface area (TPSA) is 48.5 Å². The Hall–Kier alpha value is -6.07. The first-order chi connectivity index (χ1) is 21.8. The zero-order chi connectivity index (χ0) is 29.0. The van der Waals surface area contributed by atoms with Gasteiger partial charge in [-0.15, -0.1) is 0 Å². The maximum Gasteiger partial charge on any atom is 0.238 e. The molecule has 0 spiro atoms. The average Bonchev–Trinajstić information content (AvgIpc) is 3.69. The Morgan fingerprint density at radius 3 is 1.68 bits per heavy atom. The Labute approximate surface area is 253 Å². The summed E-state index contributed by atoms with van der Waals surface area (Å²) >= 11 is 0. The molecule has 0 radical (unpaired) electrons. The van der Waals surface area contributed by atoms with Crippen molar-refractivity contribution in [3.8, 4) is 34.4 Å². The zero-order valence-corrected chi connectivity index (χ0v) is 23.7. The fourth-order valence-electron chi connectivity index (χ4n) is 6.43. The lowest BCUT2D eigenvalue weighted by atomic mass is 10.0. The summed E-state index contributed by atoms with van der Waals surface area (Å²) in [5.74, 6) is 1.88. The minimum Gasteiger partial charge on any atom is -0.317 e. The number of aromatic nitrogens is 5. The number of benzene rings is 6. The molecule has 0 atom stereocenters. The Balaban J connectivity index is 1.33. The van der Waals surface area contributed by atoms with Gasteiger partial charge in [0.1, 0.15) is 0 Å². The largest absolute Gasteiger partial charge is 0.317 e. The molecule has 0 saturated heterocycles. The molecule has 0 bridgehead atoms. The molecule has 0 fully saturated rings. The summed E-state index contributed by atoms with van der Waals surface area (Å²) in [6.07, 6.45) is 2.16. The van der Waals surface area contributed by atoms with Crippen LogP contribution in [0.1, 0.15) is 0 Å². The van der Waals surface area contributed by atoms with Gasteiger partial charge in [-0.3, -0.25) is 4.57 Å². The Bertz CT molecular complexity index is 2420. The smallest absolute Gasteiger partial charge is 0.238 e. The summed E-state index contributed by atoms with van der Waals surface area (Å²) in [5.41, 5.74) is 6.35. The first-order valence-corrected chi connectivity index (χ1v) is 14.7. The number of nitrogens with zero attached hydrogens (tertiary/aromatic N) is 5. The SMILES string of the molecule is c1ccc(-c2nc(-c3ccccc3)nc(-n3c4ccccc4c4c5ccc6c(ccn6-c6ccccc6)c5ccc43)n2)cc1. The fourth-order valence-corrected chi connectivity index (χ4v) is 6.43. The third-order valence-corrected chi connectivity index (χ3v) is 8.42. The molecular weight excluding hydrogens is 538 g/mol. The van der Waals surface area contributed by atoms with E-state index in [0.29, 0.717) is 17.6 Å².